The van der Waals surface area contributed by atoms with E-state index in [4.69, 9.17) is 5.73 Å². The molecule has 0 saturated carbocycles. The second-order valence-corrected chi connectivity index (χ2v) is 9.50. The summed E-state index contributed by atoms with van der Waals surface area (Å²) in [5, 5.41) is 5.46. The Balaban J connectivity index is 1.70. The number of sulfonamides is 1. The molecule has 5 N–H and O–H groups in total. The maximum Gasteiger partial charge on any atom is 0.328 e. The van der Waals surface area contributed by atoms with Gasteiger partial charge in [-0.25, -0.2) is 22.9 Å². The zero-order valence-corrected chi connectivity index (χ0v) is 18.9. The number of amides is 3. The fourth-order valence-electron chi connectivity index (χ4n) is 2.78. The lowest BCUT2D eigenvalue weighted by Crippen LogP contribution is -2.39. The molecule has 1 aromatic heterocycles. The second-order valence-electron chi connectivity index (χ2n) is 6.79. The van der Waals surface area contributed by atoms with Crippen molar-refractivity contribution in [3.05, 3.63) is 59.5 Å². The van der Waals surface area contributed by atoms with Gasteiger partial charge in [-0.3, -0.25) is 4.79 Å². The lowest BCUT2D eigenvalue weighted by Gasteiger charge is -2.09. The molecule has 32 heavy (non-hydrogen) atoms. The fraction of sp³-hybridized carbons (Fsp3) is 0.190. The maximum absolute atomic E-state index is 12.8. The largest absolute Gasteiger partial charge is 0.375 e. The molecule has 9 nitrogen and oxygen atoms in total. The fourth-order valence-corrected chi connectivity index (χ4v) is 4.46. The van der Waals surface area contributed by atoms with Crippen molar-refractivity contribution < 1.29 is 18.0 Å². The first-order valence-electron chi connectivity index (χ1n) is 9.84. The molecule has 11 heteroatoms. The molecule has 0 aliphatic heterocycles. The number of nitrogens with one attached hydrogen (secondary N) is 3. The molecule has 0 aliphatic rings. The van der Waals surface area contributed by atoms with Gasteiger partial charge in [0.1, 0.15) is 4.88 Å². The molecule has 0 radical (unpaired) electrons. The van der Waals surface area contributed by atoms with Gasteiger partial charge in [-0.05, 0) is 30.7 Å². The Labute approximate surface area is 190 Å². The van der Waals surface area contributed by atoms with Gasteiger partial charge in [0, 0.05) is 17.8 Å². The quantitative estimate of drug-likeness (QED) is 0.369. The molecule has 2 aromatic carbocycles. The van der Waals surface area contributed by atoms with Gasteiger partial charge in [0.15, 0.2) is 5.13 Å². The zero-order valence-electron chi connectivity index (χ0n) is 17.3. The first-order chi connectivity index (χ1) is 15.3. The van der Waals surface area contributed by atoms with Crippen LogP contribution >= 0.6 is 11.3 Å². The Morgan fingerprint density at radius 1 is 1.06 bits per heavy atom. The maximum atomic E-state index is 12.8. The minimum Gasteiger partial charge on any atom is -0.375 e. The van der Waals surface area contributed by atoms with Crippen LogP contribution < -0.4 is 21.1 Å². The number of aromatic nitrogens is 1. The minimum atomic E-state index is -4.03. The number of carbonyl (C=O) groups excluding carboxylic acids is 2. The molecule has 0 bridgehead atoms. The summed E-state index contributed by atoms with van der Waals surface area (Å²) < 4.78 is 26.7. The number of carbonyl (C=O) groups is 2. The van der Waals surface area contributed by atoms with E-state index in [1.165, 1.54) is 24.3 Å². The molecule has 0 unspecified atom stereocenters. The van der Waals surface area contributed by atoms with Gasteiger partial charge in [0.05, 0.1) is 10.6 Å². The van der Waals surface area contributed by atoms with Crippen molar-refractivity contribution in [1.82, 2.24) is 15.0 Å². The van der Waals surface area contributed by atoms with Crippen LogP contribution in [0.1, 0.15) is 29.4 Å². The summed E-state index contributed by atoms with van der Waals surface area (Å²) in [5.74, 6) is -0.415. The summed E-state index contributed by atoms with van der Waals surface area (Å²) in [4.78, 5) is 29.0. The monoisotopic (exact) mass is 473 g/mol. The first-order valence-corrected chi connectivity index (χ1v) is 12.1. The Morgan fingerprint density at radius 2 is 1.75 bits per heavy atom. The highest BCUT2D eigenvalue weighted by Crippen LogP contribution is 2.30. The van der Waals surface area contributed by atoms with Crippen molar-refractivity contribution >= 4 is 44.1 Å². The summed E-state index contributed by atoms with van der Waals surface area (Å²) >= 11 is 1.06. The third-order valence-electron chi connectivity index (χ3n) is 4.36. The molecular formula is C21H23N5O4S2. The number of thiazole rings is 1. The lowest BCUT2D eigenvalue weighted by molar-refractivity contribution is 0.103. The molecule has 3 aromatic rings. The number of rotatable bonds is 8. The number of hydrogen-bond acceptors (Lipinski definition) is 7. The van der Waals surface area contributed by atoms with E-state index in [2.05, 4.69) is 15.6 Å². The number of nitrogen functional groups attached to an aromatic ring is 1. The highest BCUT2D eigenvalue weighted by molar-refractivity contribution is 7.90. The molecule has 3 amide bonds. The van der Waals surface area contributed by atoms with E-state index >= 15 is 0 Å². The van der Waals surface area contributed by atoms with Crippen LogP contribution in [-0.4, -0.2) is 31.9 Å². The van der Waals surface area contributed by atoms with Crippen LogP contribution in [-0.2, 0) is 10.0 Å². The molecule has 0 spiro atoms. The van der Waals surface area contributed by atoms with E-state index in [9.17, 15) is 18.0 Å². The van der Waals surface area contributed by atoms with Crippen LogP contribution in [0.2, 0.25) is 0 Å². The predicted molar refractivity (Wildman–Crippen MR) is 125 cm³/mol. The topological polar surface area (TPSA) is 143 Å². The summed E-state index contributed by atoms with van der Waals surface area (Å²) in [6.45, 7) is 2.35. The molecule has 0 atom stereocenters. The van der Waals surface area contributed by atoms with Crippen molar-refractivity contribution in [2.24, 2.45) is 0 Å². The Hall–Kier alpha value is -3.44. The van der Waals surface area contributed by atoms with E-state index in [0.717, 1.165) is 29.7 Å². The zero-order chi connectivity index (χ0) is 23.1. The summed E-state index contributed by atoms with van der Waals surface area (Å²) in [6.07, 6.45) is 1.63. The van der Waals surface area contributed by atoms with Gasteiger partial charge in [0.2, 0.25) is 0 Å². The number of urea groups is 1. The summed E-state index contributed by atoms with van der Waals surface area (Å²) in [6, 6.07) is 13.9. The number of anilines is 2. The van der Waals surface area contributed by atoms with Gasteiger partial charge in [-0.2, -0.15) is 0 Å². The van der Waals surface area contributed by atoms with Gasteiger partial charge in [-0.15, -0.1) is 0 Å². The van der Waals surface area contributed by atoms with Crippen molar-refractivity contribution in [1.29, 1.82) is 0 Å². The van der Waals surface area contributed by atoms with Crippen LogP contribution in [0.15, 0.2) is 59.5 Å². The number of hydrogen-bond donors (Lipinski definition) is 4. The number of benzene rings is 2. The first kappa shape index (κ1) is 23.2. The van der Waals surface area contributed by atoms with Crippen LogP contribution in [0, 0.1) is 0 Å². The second kappa shape index (κ2) is 10.2. The Bertz CT molecular complexity index is 1190. The predicted octanol–water partition coefficient (Wildman–Crippen LogP) is 3.43. The third-order valence-corrected chi connectivity index (χ3v) is 6.59. The standard InChI is InChI=1S/C21H23N5O4S2/c1-2-3-13-23-21(28)26-32(29,30)16-11-9-15(10-12-16)24-19(27)18-17(25-20(22)31-18)14-7-5-4-6-8-14/h4-12H,2-3,13H2,1H3,(H2,22,25)(H,24,27)(H2,23,26,28). The number of nitrogens with two attached hydrogens (primary N) is 1. The van der Waals surface area contributed by atoms with E-state index in [-0.39, 0.29) is 10.0 Å². The average molecular weight is 474 g/mol. The van der Waals surface area contributed by atoms with E-state index in [1.54, 1.807) is 0 Å². The van der Waals surface area contributed by atoms with Gasteiger partial charge in [0.25, 0.3) is 15.9 Å². The third kappa shape index (κ3) is 5.83. The van der Waals surface area contributed by atoms with Crippen LogP contribution in [0.5, 0.6) is 0 Å². The molecule has 0 fully saturated rings. The Morgan fingerprint density at radius 3 is 2.41 bits per heavy atom. The molecule has 3 rings (SSSR count). The van der Waals surface area contributed by atoms with Crippen LogP contribution in [0.25, 0.3) is 11.3 Å². The van der Waals surface area contributed by atoms with E-state index < -0.39 is 22.0 Å². The van der Waals surface area contributed by atoms with Crippen molar-refractivity contribution in [2.75, 3.05) is 17.6 Å². The average Bonchev–Trinajstić information content (AvgIpc) is 3.16. The normalized spacial score (nSPS) is 11.0. The molecule has 0 aliphatic carbocycles. The molecular weight excluding hydrogens is 450 g/mol. The Kier molecular flexibility index (Phi) is 7.44. The SMILES string of the molecule is CCCCNC(=O)NS(=O)(=O)c1ccc(NC(=O)c2sc(N)nc2-c2ccccc2)cc1. The summed E-state index contributed by atoms with van der Waals surface area (Å²) in [7, 11) is -4.03. The van der Waals surface area contributed by atoms with Crippen molar-refractivity contribution in [3.8, 4) is 11.3 Å². The smallest absolute Gasteiger partial charge is 0.328 e. The number of unbranched alkanes of at least 4 members (excludes halogenated alkanes) is 1. The molecule has 168 valence electrons. The van der Waals surface area contributed by atoms with Crippen molar-refractivity contribution in [2.45, 2.75) is 24.7 Å². The van der Waals surface area contributed by atoms with E-state index in [0.29, 0.717) is 22.8 Å². The number of nitrogens with zero attached hydrogens (tertiary/aromatic N) is 1. The van der Waals surface area contributed by atoms with Crippen LogP contribution in [0.3, 0.4) is 0 Å². The van der Waals surface area contributed by atoms with Crippen molar-refractivity contribution in [3.63, 3.8) is 0 Å². The molecule has 0 saturated heterocycles. The van der Waals surface area contributed by atoms with E-state index in [1.807, 2.05) is 42.0 Å². The van der Waals surface area contributed by atoms with Crippen LogP contribution in [0.4, 0.5) is 15.6 Å². The van der Waals surface area contributed by atoms with Gasteiger partial charge < -0.3 is 16.4 Å². The molecule has 1 heterocycles. The van der Waals surface area contributed by atoms with Gasteiger partial charge in [-0.1, -0.05) is 55.0 Å². The highest BCUT2D eigenvalue weighted by Gasteiger charge is 2.20. The van der Waals surface area contributed by atoms with Gasteiger partial charge >= 0.3 is 6.03 Å². The highest BCUT2D eigenvalue weighted by atomic mass is 32.2. The lowest BCUT2D eigenvalue weighted by atomic mass is 10.1. The summed E-state index contributed by atoms with van der Waals surface area (Å²) in [5.41, 5.74) is 7.43. The minimum absolute atomic E-state index is 0.104.